The summed E-state index contributed by atoms with van der Waals surface area (Å²) in [6.45, 7) is 3.15. The van der Waals surface area contributed by atoms with E-state index in [-0.39, 0.29) is 24.0 Å². The van der Waals surface area contributed by atoms with Gasteiger partial charge in [-0.25, -0.2) is 13.5 Å². The molecule has 0 spiro atoms. The van der Waals surface area contributed by atoms with Crippen molar-refractivity contribution >= 4 is 5.91 Å². The number of amides is 1. The SMILES string of the molecule is Cc1nn(-c2ccc(F)cc2)c(Oc2ccc(F)cc2)c1CCC(=O)NCCN(C)C. The van der Waals surface area contributed by atoms with E-state index in [0.29, 0.717) is 36.0 Å². The van der Waals surface area contributed by atoms with E-state index < -0.39 is 0 Å². The summed E-state index contributed by atoms with van der Waals surface area (Å²) in [6.07, 6.45) is 0.681. The molecule has 31 heavy (non-hydrogen) atoms. The first kappa shape index (κ1) is 22.4. The fraction of sp³-hybridized carbons (Fsp3) is 0.304. The van der Waals surface area contributed by atoms with Crippen molar-refractivity contribution in [1.29, 1.82) is 0 Å². The Morgan fingerprint density at radius 3 is 2.29 bits per heavy atom. The van der Waals surface area contributed by atoms with Crippen LogP contribution in [0.15, 0.2) is 48.5 Å². The molecule has 6 nitrogen and oxygen atoms in total. The van der Waals surface area contributed by atoms with Gasteiger partial charge in [0.25, 0.3) is 0 Å². The van der Waals surface area contributed by atoms with E-state index in [1.165, 1.54) is 36.4 Å². The maximum atomic E-state index is 13.4. The van der Waals surface area contributed by atoms with E-state index >= 15 is 0 Å². The fourth-order valence-corrected chi connectivity index (χ4v) is 3.05. The van der Waals surface area contributed by atoms with Gasteiger partial charge in [-0.3, -0.25) is 4.79 Å². The van der Waals surface area contributed by atoms with Gasteiger partial charge in [0.15, 0.2) is 0 Å². The van der Waals surface area contributed by atoms with E-state index in [1.54, 1.807) is 16.8 Å². The normalized spacial score (nSPS) is 11.0. The summed E-state index contributed by atoms with van der Waals surface area (Å²) in [6, 6.07) is 11.5. The number of carbonyl (C=O) groups is 1. The van der Waals surface area contributed by atoms with Gasteiger partial charge < -0.3 is 15.0 Å². The average Bonchev–Trinajstić information content (AvgIpc) is 3.03. The minimum Gasteiger partial charge on any atom is -0.439 e. The highest BCUT2D eigenvalue weighted by Gasteiger charge is 2.20. The highest BCUT2D eigenvalue weighted by molar-refractivity contribution is 5.76. The van der Waals surface area contributed by atoms with Crippen LogP contribution in [0.5, 0.6) is 11.6 Å². The van der Waals surface area contributed by atoms with E-state index in [1.807, 2.05) is 25.9 Å². The Hall–Kier alpha value is -3.26. The Kier molecular flexibility index (Phi) is 7.36. The van der Waals surface area contributed by atoms with Crippen LogP contribution in [-0.4, -0.2) is 47.8 Å². The van der Waals surface area contributed by atoms with Crippen LogP contribution in [0.3, 0.4) is 0 Å². The molecule has 0 aliphatic carbocycles. The van der Waals surface area contributed by atoms with Gasteiger partial charge in [-0.2, -0.15) is 5.10 Å². The standard InChI is InChI=1S/C23H26F2N4O2/c1-16-21(12-13-22(30)26-14-15-28(2)3)23(31-20-10-6-18(25)7-11-20)29(27-16)19-8-4-17(24)5-9-19/h4-11H,12-15H2,1-3H3,(H,26,30). The number of hydrogen-bond donors (Lipinski definition) is 1. The predicted octanol–water partition coefficient (Wildman–Crippen LogP) is 3.86. The van der Waals surface area contributed by atoms with E-state index in [0.717, 1.165) is 12.1 Å². The average molecular weight is 428 g/mol. The second-order valence-corrected chi connectivity index (χ2v) is 7.47. The van der Waals surface area contributed by atoms with E-state index in [9.17, 15) is 13.6 Å². The number of aryl methyl sites for hydroxylation is 1. The fourth-order valence-electron chi connectivity index (χ4n) is 3.05. The van der Waals surface area contributed by atoms with Crippen LogP contribution >= 0.6 is 0 Å². The van der Waals surface area contributed by atoms with Crippen LogP contribution < -0.4 is 10.1 Å². The first-order valence-electron chi connectivity index (χ1n) is 10.0. The molecule has 0 saturated heterocycles. The van der Waals surface area contributed by atoms with Gasteiger partial charge in [0.2, 0.25) is 11.8 Å². The number of benzene rings is 2. The van der Waals surface area contributed by atoms with Gasteiger partial charge in [-0.15, -0.1) is 0 Å². The molecular weight excluding hydrogens is 402 g/mol. The number of rotatable bonds is 9. The summed E-state index contributed by atoms with van der Waals surface area (Å²) in [5, 5.41) is 7.44. The zero-order chi connectivity index (χ0) is 22.4. The summed E-state index contributed by atoms with van der Waals surface area (Å²) in [5.41, 5.74) is 2.07. The number of carbonyl (C=O) groups excluding carboxylic acids is 1. The second-order valence-electron chi connectivity index (χ2n) is 7.47. The molecule has 0 unspecified atom stereocenters. The van der Waals surface area contributed by atoms with E-state index in [4.69, 9.17) is 4.74 Å². The molecular formula is C23H26F2N4O2. The van der Waals surface area contributed by atoms with Crippen molar-refractivity contribution in [3.8, 4) is 17.3 Å². The van der Waals surface area contributed by atoms with E-state index in [2.05, 4.69) is 10.4 Å². The molecule has 2 aromatic carbocycles. The van der Waals surface area contributed by atoms with Crippen molar-refractivity contribution < 1.29 is 18.3 Å². The van der Waals surface area contributed by atoms with Crippen LogP contribution in [0.25, 0.3) is 5.69 Å². The van der Waals surface area contributed by atoms with Crippen LogP contribution in [0.2, 0.25) is 0 Å². The lowest BCUT2D eigenvalue weighted by Crippen LogP contribution is -2.31. The third-order valence-electron chi connectivity index (χ3n) is 4.72. The zero-order valence-corrected chi connectivity index (χ0v) is 17.9. The molecule has 0 saturated carbocycles. The number of nitrogens with one attached hydrogen (secondary N) is 1. The molecule has 1 N–H and O–H groups in total. The third-order valence-corrected chi connectivity index (χ3v) is 4.72. The third kappa shape index (κ3) is 6.11. The summed E-state index contributed by atoms with van der Waals surface area (Å²) in [7, 11) is 3.89. The van der Waals surface area contributed by atoms with Crippen LogP contribution in [0.1, 0.15) is 17.7 Å². The lowest BCUT2D eigenvalue weighted by Gasteiger charge is -2.12. The summed E-state index contributed by atoms with van der Waals surface area (Å²) in [4.78, 5) is 14.2. The zero-order valence-electron chi connectivity index (χ0n) is 17.9. The van der Waals surface area contributed by atoms with Crippen molar-refractivity contribution in [3.05, 3.63) is 71.4 Å². The molecule has 3 rings (SSSR count). The van der Waals surface area contributed by atoms with Gasteiger partial charge >= 0.3 is 0 Å². The Bertz CT molecular complexity index is 1020. The number of hydrogen-bond acceptors (Lipinski definition) is 4. The second kappa shape index (κ2) is 10.2. The molecule has 1 aromatic heterocycles. The molecule has 0 atom stereocenters. The largest absolute Gasteiger partial charge is 0.439 e. The Morgan fingerprint density at radius 2 is 1.68 bits per heavy atom. The van der Waals surface area contributed by atoms with Crippen LogP contribution in [-0.2, 0) is 11.2 Å². The summed E-state index contributed by atoms with van der Waals surface area (Å²) < 4.78 is 34.3. The minimum atomic E-state index is -0.370. The number of likely N-dealkylation sites (N-methyl/N-ethyl adjacent to an activating group) is 1. The van der Waals surface area contributed by atoms with Crippen molar-refractivity contribution in [1.82, 2.24) is 20.0 Å². The van der Waals surface area contributed by atoms with Gasteiger partial charge in [0.05, 0.1) is 11.4 Å². The Balaban J connectivity index is 1.85. The van der Waals surface area contributed by atoms with Gasteiger partial charge in [-0.1, -0.05) is 0 Å². The highest BCUT2D eigenvalue weighted by Crippen LogP contribution is 2.31. The molecule has 3 aromatic rings. The lowest BCUT2D eigenvalue weighted by molar-refractivity contribution is -0.121. The van der Waals surface area contributed by atoms with Gasteiger partial charge in [0.1, 0.15) is 17.4 Å². The van der Waals surface area contributed by atoms with Crippen molar-refractivity contribution in [2.24, 2.45) is 0 Å². The monoisotopic (exact) mass is 428 g/mol. The molecule has 0 fully saturated rings. The minimum absolute atomic E-state index is 0.0662. The predicted molar refractivity (Wildman–Crippen MR) is 115 cm³/mol. The topological polar surface area (TPSA) is 59.4 Å². The number of nitrogens with zero attached hydrogens (tertiary/aromatic N) is 3. The number of halogens is 2. The lowest BCUT2D eigenvalue weighted by atomic mass is 10.1. The Labute approximate surface area is 180 Å². The first-order valence-corrected chi connectivity index (χ1v) is 10.0. The van der Waals surface area contributed by atoms with Crippen molar-refractivity contribution in [2.45, 2.75) is 19.8 Å². The number of aromatic nitrogens is 2. The summed E-state index contributed by atoms with van der Waals surface area (Å²) >= 11 is 0. The molecule has 0 bridgehead atoms. The highest BCUT2D eigenvalue weighted by atomic mass is 19.1. The molecule has 1 heterocycles. The molecule has 0 aliphatic heterocycles. The first-order chi connectivity index (χ1) is 14.8. The quantitative estimate of drug-likeness (QED) is 0.562. The van der Waals surface area contributed by atoms with Gasteiger partial charge in [-0.05, 0) is 76.0 Å². The summed E-state index contributed by atoms with van der Waals surface area (Å²) in [5.74, 6) is 0.0510. The number of ether oxygens (including phenoxy) is 1. The smallest absolute Gasteiger partial charge is 0.226 e. The van der Waals surface area contributed by atoms with Gasteiger partial charge in [0, 0.05) is 25.1 Å². The molecule has 0 radical (unpaired) electrons. The van der Waals surface area contributed by atoms with Crippen LogP contribution in [0, 0.1) is 18.6 Å². The maximum Gasteiger partial charge on any atom is 0.226 e. The Morgan fingerprint density at radius 1 is 1.06 bits per heavy atom. The molecule has 0 aliphatic rings. The van der Waals surface area contributed by atoms with Crippen molar-refractivity contribution in [2.75, 3.05) is 27.2 Å². The molecule has 8 heteroatoms. The molecule has 164 valence electrons. The van der Waals surface area contributed by atoms with Crippen molar-refractivity contribution in [3.63, 3.8) is 0 Å². The van der Waals surface area contributed by atoms with Crippen LogP contribution in [0.4, 0.5) is 8.78 Å². The molecule has 1 amide bonds. The maximum absolute atomic E-state index is 13.4.